The van der Waals surface area contributed by atoms with Crippen LogP contribution in [-0.4, -0.2) is 23.4 Å². The molecule has 0 aliphatic rings. The van der Waals surface area contributed by atoms with Crippen molar-refractivity contribution in [2.24, 2.45) is 0 Å². The molecule has 0 saturated heterocycles. The van der Waals surface area contributed by atoms with Crippen LogP contribution in [0.15, 0.2) is 0 Å². The van der Waals surface area contributed by atoms with Gasteiger partial charge >= 0.3 is 11.0 Å². The van der Waals surface area contributed by atoms with E-state index in [1.165, 1.54) is 15.9 Å². The van der Waals surface area contributed by atoms with Crippen LogP contribution in [0.5, 0.6) is 0 Å². The first-order valence-corrected chi connectivity index (χ1v) is 3.27. The molecule has 2 atom stereocenters. The molecule has 0 heterocycles. The van der Waals surface area contributed by atoms with E-state index in [-0.39, 0.29) is 0 Å². The predicted octanol–water partition coefficient (Wildman–Crippen LogP) is 3.21. The minimum atomic E-state index is -5.61. The van der Waals surface area contributed by atoms with Gasteiger partial charge in [-0.1, -0.05) is 0 Å². The van der Waals surface area contributed by atoms with Crippen LogP contribution >= 0.6 is 15.9 Å². The molecule has 12 heavy (non-hydrogen) atoms. The van der Waals surface area contributed by atoms with Crippen molar-refractivity contribution < 1.29 is 30.7 Å². The predicted molar refractivity (Wildman–Crippen MR) is 29.7 cm³/mol. The van der Waals surface area contributed by atoms with Crippen molar-refractivity contribution in [1.29, 1.82) is 0 Å². The van der Waals surface area contributed by atoms with Crippen LogP contribution in [0.4, 0.5) is 30.7 Å². The fraction of sp³-hybridized carbons (Fsp3) is 1.00. The summed E-state index contributed by atoms with van der Waals surface area (Å²) in [6.07, 6.45) is -13.7. The van der Waals surface area contributed by atoms with E-state index in [0.29, 0.717) is 0 Å². The lowest BCUT2D eigenvalue weighted by molar-refractivity contribution is -0.211. The summed E-state index contributed by atoms with van der Waals surface area (Å²) in [7, 11) is 0. The summed E-state index contributed by atoms with van der Waals surface area (Å²) in [6, 6.07) is 0. The molecular formula is C4H2BrF7. The van der Waals surface area contributed by atoms with E-state index in [1.807, 2.05) is 0 Å². The van der Waals surface area contributed by atoms with Gasteiger partial charge in [-0.15, -0.1) is 0 Å². The van der Waals surface area contributed by atoms with Crippen LogP contribution in [0.25, 0.3) is 0 Å². The molecule has 0 aliphatic heterocycles. The lowest BCUT2D eigenvalue weighted by Crippen LogP contribution is -2.41. The highest BCUT2D eigenvalue weighted by atomic mass is 79.9. The highest BCUT2D eigenvalue weighted by Gasteiger charge is 2.55. The van der Waals surface area contributed by atoms with Crippen molar-refractivity contribution in [3.05, 3.63) is 0 Å². The minimum absolute atomic E-state index is 1.29. The molecule has 0 fully saturated rings. The fourth-order valence-corrected chi connectivity index (χ4v) is 0.564. The van der Waals surface area contributed by atoms with Gasteiger partial charge in [-0.2, -0.15) is 22.0 Å². The maximum atomic E-state index is 11.9. The second-order valence-electron chi connectivity index (χ2n) is 1.89. The van der Waals surface area contributed by atoms with Crippen molar-refractivity contribution in [3.8, 4) is 0 Å². The Morgan fingerprint density at radius 1 is 0.833 bits per heavy atom. The van der Waals surface area contributed by atoms with Crippen molar-refractivity contribution in [2.75, 3.05) is 0 Å². The summed E-state index contributed by atoms with van der Waals surface area (Å²) < 4.78 is 80.9. The number of hydrogen-bond acceptors (Lipinski definition) is 0. The number of rotatable bonds is 2. The molecular weight excluding hydrogens is 261 g/mol. The molecule has 8 heteroatoms. The molecule has 0 rings (SSSR count). The molecule has 0 aliphatic carbocycles. The zero-order chi connectivity index (χ0) is 10.2. The molecule has 0 saturated carbocycles. The van der Waals surface area contributed by atoms with E-state index < -0.39 is 23.4 Å². The summed E-state index contributed by atoms with van der Waals surface area (Å²) in [5.41, 5.74) is 0. The summed E-state index contributed by atoms with van der Waals surface area (Å²) in [5, 5.41) is 0. The van der Waals surface area contributed by atoms with Crippen molar-refractivity contribution in [2.45, 2.75) is 23.4 Å². The maximum absolute atomic E-state index is 11.9. The zero-order valence-corrected chi connectivity index (χ0v) is 6.76. The summed E-state index contributed by atoms with van der Waals surface area (Å²) >= 11 is 1.29. The molecule has 2 unspecified atom stereocenters. The van der Waals surface area contributed by atoms with Crippen LogP contribution in [-0.2, 0) is 0 Å². The van der Waals surface area contributed by atoms with Gasteiger partial charge < -0.3 is 0 Å². The Hall–Kier alpha value is -0.0100. The average Bonchev–Trinajstić information content (AvgIpc) is 1.80. The Bertz CT molecular complexity index is 128. The molecule has 0 N–H and O–H groups in total. The highest BCUT2D eigenvalue weighted by molar-refractivity contribution is 9.10. The monoisotopic (exact) mass is 262 g/mol. The summed E-state index contributed by atoms with van der Waals surface area (Å²) in [5.74, 6) is 0. The third-order valence-corrected chi connectivity index (χ3v) is 1.32. The molecule has 0 radical (unpaired) electrons. The summed E-state index contributed by atoms with van der Waals surface area (Å²) in [6.45, 7) is 0. The van der Waals surface area contributed by atoms with Crippen LogP contribution < -0.4 is 0 Å². The third kappa shape index (κ3) is 3.16. The Balaban J connectivity index is 4.41. The molecule has 0 aromatic rings. The first-order valence-electron chi connectivity index (χ1n) is 2.48. The average molecular weight is 263 g/mol. The van der Waals surface area contributed by atoms with Gasteiger partial charge in [-0.3, -0.25) is 0 Å². The van der Waals surface area contributed by atoms with Gasteiger partial charge in [0.25, 0.3) is 0 Å². The van der Waals surface area contributed by atoms with Crippen LogP contribution in [0, 0.1) is 0 Å². The molecule has 74 valence electrons. The third-order valence-electron chi connectivity index (χ3n) is 0.882. The quantitative estimate of drug-likeness (QED) is 0.530. The van der Waals surface area contributed by atoms with Crippen molar-refractivity contribution in [3.63, 3.8) is 0 Å². The highest BCUT2D eigenvalue weighted by Crippen LogP contribution is 2.37. The minimum Gasteiger partial charge on any atom is -0.236 e. The van der Waals surface area contributed by atoms with Gasteiger partial charge in [0.05, 0.1) is 0 Å². The zero-order valence-electron chi connectivity index (χ0n) is 5.18. The van der Waals surface area contributed by atoms with Crippen molar-refractivity contribution >= 4 is 15.9 Å². The Morgan fingerprint density at radius 3 is 1.25 bits per heavy atom. The number of alkyl halides is 8. The second-order valence-corrected chi connectivity index (χ2v) is 2.94. The van der Waals surface area contributed by atoms with Gasteiger partial charge in [0, 0.05) is 0 Å². The van der Waals surface area contributed by atoms with Gasteiger partial charge in [-0.25, -0.2) is 8.78 Å². The molecule has 0 spiro atoms. The van der Waals surface area contributed by atoms with E-state index >= 15 is 0 Å². The number of halogens is 8. The summed E-state index contributed by atoms with van der Waals surface area (Å²) in [4.78, 5) is -4.51. The SMILES string of the molecule is FC(C(F)C(F)(F)Br)C(F)(F)F. The van der Waals surface area contributed by atoms with E-state index in [9.17, 15) is 30.7 Å². The number of hydrogen-bond donors (Lipinski definition) is 0. The normalized spacial score (nSPS) is 19.0. The first kappa shape index (κ1) is 12.0. The van der Waals surface area contributed by atoms with Crippen molar-refractivity contribution in [1.82, 2.24) is 0 Å². The van der Waals surface area contributed by atoms with Crippen LogP contribution in [0.3, 0.4) is 0 Å². The van der Waals surface area contributed by atoms with Gasteiger partial charge in [0.2, 0.25) is 12.3 Å². The Labute approximate surface area is 70.9 Å². The Morgan fingerprint density at radius 2 is 1.17 bits per heavy atom. The first-order chi connectivity index (χ1) is 5.07. The van der Waals surface area contributed by atoms with Gasteiger partial charge in [0.15, 0.2) is 0 Å². The van der Waals surface area contributed by atoms with Gasteiger partial charge in [0.1, 0.15) is 0 Å². The Kier molecular flexibility index (Phi) is 3.39. The molecule has 0 aromatic carbocycles. The van der Waals surface area contributed by atoms with Gasteiger partial charge in [-0.05, 0) is 15.9 Å². The maximum Gasteiger partial charge on any atom is 0.422 e. The molecule has 0 nitrogen and oxygen atoms in total. The van der Waals surface area contributed by atoms with Crippen LogP contribution in [0.2, 0.25) is 0 Å². The van der Waals surface area contributed by atoms with E-state index in [4.69, 9.17) is 0 Å². The van der Waals surface area contributed by atoms with E-state index in [2.05, 4.69) is 0 Å². The fourth-order valence-electron chi connectivity index (χ4n) is 0.332. The smallest absolute Gasteiger partial charge is 0.236 e. The molecule has 0 bridgehead atoms. The standard InChI is InChI=1S/C4H2BrF7/c5-3(8,9)1(6)2(7)4(10,11)12/h1-2H. The van der Waals surface area contributed by atoms with E-state index in [1.54, 1.807) is 0 Å². The largest absolute Gasteiger partial charge is 0.422 e. The molecule has 0 aromatic heterocycles. The van der Waals surface area contributed by atoms with E-state index in [0.717, 1.165) is 0 Å². The lowest BCUT2D eigenvalue weighted by atomic mass is 10.2. The lowest BCUT2D eigenvalue weighted by Gasteiger charge is -2.19. The second kappa shape index (κ2) is 3.39. The topological polar surface area (TPSA) is 0 Å². The van der Waals surface area contributed by atoms with Crippen LogP contribution in [0.1, 0.15) is 0 Å². The molecule has 0 amide bonds.